The highest BCUT2D eigenvalue weighted by atomic mass is 79.9. The normalized spacial score (nSPS) is 12.5. The summed E-state index contributed by atoms with van der Waals surface area (Å²) in [5.41, 5.74) is 3.24. The van der Waals surface area contributed by atoms with Crippen LogP contribution in [0.1, 0.15) is 40.4 Å². The Morgan fingerprint density at radius 1 is 1.35 bits per heavy atom. The van der Waals surface area contributed by atoms with Crippen LogP contribution in [0.4, 0.5) is 0 Å². The molecule has 0 spiro atoms. The van der Waals surface area contributed by atoms with Crippen LogP contribution in [0.3, 0.4) is 0 Å². The van der Waals surface area contributed by atoms with Gasteiger partial charge in [0.05, 0.1) is 21.9 Å². The number of carbonyl (C=O) groups is 1. The summed E-state index contributed by atoms with van der Waals surface area (Å²) in [5.74, 6) is -0.198. The molecule has 0 bridgehead atoms. The van der Waals surface area contributed by atoms with Crippen LogP contribution in [-0.4, -0.2) is 25.5 Å². The van der Waals surface area contributed by atoms with Crippen molar-refractivity contribution >= 4 is 21.8 Å². The quantitative estimate of drug-likeness (QED) is 0.930. The number of aryl methyl sites for hydroxylation is 3. The second-order valence-corrected chi connectivity index (χ2v) is 5.70. The van der Waals surface area contributed by atoms with Crippen molar-refractivity contribution in [3.63, 3.8) is 0 Å². The van der Waals surface area contributed by atoms with E-state index in [1.807, 2.05) is 41.1 Å². The Balaban J connectivity index is 2.19. The van der Waals surface area contributed by atoms with Crippen LogP contribution in [0.2, 0.25) is 0 Å². The van der Waals surface area contributed by atoms with Crippen molar-refractivity contribution in [1.29, 1.82) is 0 Å². The highest BCUT2D eigenvalue weighted by Crippen LogP contribution is 2.21. The maximum absolute atomic E-state index is 12.3. The number of nitrogens with one attached hydrogen (secondary N) is 1. The van der Waals surface area contributed by atoms with Gasteiger partial charge in [-0.15, -0.1) is 0 Å². The number of hydrogen-bond acceptors (Lipinski definition) is 3. The lowest BCUT2D eigenvalue weighted by molar-refractivity contribution is 0.0933. The van der Waals surface area contributed by atoms with Gasteiger partial charge in [0, 0.05) is 25.9 Å². The molecule has 0 radical (unpaired) electrons. The number of halogens is 1. The van der Waals surface area contributed by atoms with E-state index >= 15 is 0 Å². The van der Waals surface area contributed by atoms with E-state index in [0.29, 0.717) is 5.69 Å². The molecule has 0 aliphatic carbocycles. The van der Waals surface area contributed by atoms with Crippen LogP contribution < -0.4 is 5.32 Å². The minimum absolute atomic E-state index is 0.120. The summed E-state index contributed by atoms with van der Waals surface area (Å²) in [6.07, 6.45) is 1.92. The second-order valence-electron chi connectivity index (χ2n) is 4.91. The third kappa shape index (κ3) is 2.63. The second kappa shape index (κ2) is 5.40. The van der Waals surface area contributed by atoms with E-state index < -0.39 is 0 Å². The third-order valence-corrected chi connectivity index (χ3v) is 4.29. The van der Waals surface area contributed by atoms with E-state index in [1.165, 1.54) is 0 Å². The molecule has 2 rings (SSSR count). The molecule has 7 heteroatoms. The summed E-state index contributed by atoms with van der Waals surface area (Å²) < 4.78 is 4.15. The number of aromatic nitrogens is 4. The van der Waals surface area contributed by atoms with E-state index in [9.17, 15) is 4.79 Å². The van der Waals surface area contributed by atoms with E-state index in [1.54, 1.807) is 9.36 Å². The first-order valence-corrected chi connectivity index (χ1v) is 7.10. The minimum Gasteiger partial charge on any atom is -0.344 e. The molecule has 2 aromatic heterocycles. The molecular weight excluding hydrogens is 322 g/mol. The Kier molecular flexibility index (Phi) is 3.99. The fourth-order valence-corrected chi connectivity index (χ4v) is 2.63. The summed E-state index contributed by atoms with van der Waals surface area (Å²) in [6, 6.07) is -0.120. The average molecular weight is 340 g/mol. The van der Waals surface area contributed by atoms with Gasteiger partial charge in [-0.2, -0.15) is 10.2 Å². The predicted octanol–water partition coefficient (Wildman–Crippen LogP) is 2.02. The highest BCUT2D eigenvalue weighted by molar-refractivity contribution is 9.10. The molecule has 0 aliphatic rings. The highest BCUT2D eigenvalue weighted by Gasteiger charge is 2.21. The van der Waals surface area contributed by atoms with E-state index in [2.05, 4.69) is 31.4 Å². The first-order chi connectivity index (χ1) is 9.31. The zero-order valence-corrected chi connectivity index (χ0v) is 13.8. The summed E-state index contributed by atoms with van der Waals surface area (Å²) in [6.45, 7) is 5.77. The molecular formula is C13H18BrN5O. The van der Waals surface area contributed by atoms with Crippen molar-refractivity contribution in [3.05, 3.63) is 33.3 Å². The van der Waals surface area contributed by atoms with Gasteiger partial charge in [-0.05, 0) is 36.7 Å². The fraction of sp³-hybridized carbons (Fsp3) is 0.462. The van der Waals surface area contributed by atoms with Gasteiger partial charge >= 0.3 is 0 Å². The van der Waals surface area contributed by atoms with E-state index in [-0.39, 0.29) is 11.9 Å². The van der Waals surface area contributed by atoms with Gasteiger partial charge in [0.15, 0.2) is 5.69 Å². The number of hydrogen-bond donors (Lipinski definition) is 1. The first-order valence-electron chi connectivity index (χ1n) is 6.31. The van der Waals surface area contributed by atoms with Crippen LogP contribution in [0.15, 0.2) is 10.7 Å². The lowest BCUT2D eigenvalue weighted by Crippen LogP contribution is -2.27. The zero-order chi connectivity index (χ0) is 15.0. The first kappa shape index (κ1) is 14.8. The molecule has 1 amide bonds. The molecule has 0 saturated carbocycles. The topological polar surface area (TPSA) is 64.7 Å². The van der Waals surface area contributed by atoms with Gasteiger partial charge in [-0.3, -0.25) is 14.2 Å². The van der Waals surface area contributed by atoms with Gasteiger partial charge < -0.3 is 5.32 Å². The molecule has 0 fully saturated rings. The molecule has 1 atom stereocenters. The number of amides is 1. The molecule has 6 nitrogen and oxygen atoms in total. The molecule has 1 N–H and O–H groups in total. The molecule has 0 saturated heterocycles. The van der Waals surface area contributed by atoms with E-state index in [0.717, 1.165) is 21.4 Å². The Labute approximate surface area is 126 Å². The largest absolute Gasteiger partial charge is 0.344 e. The standard InChI is InChI=1S/C13H18BrN5O/c1-7(10-6-18(4)16-8(10)2)15-13(20)12-11(14)9(3)19(5)17-12/h6-7H,1-5H3,(H,15,20)/t7-/m0/s1. The van der Waals surface area contributed by atoms with Crippen LogP contribution in [0.5, 0.6) is 0 Å². The van der Waals surface area contributed by atoms with E-state index in [4.69, 9.17) is 0 Å². The Morgan fingerprint density at radius 3 is 2.45 bits per heavy atom. The minimum atomic E-state index is -0.198. The van der Waals surface area contributed by atoms with Gasteiger partial charge in [0.1, 0.15) is 0 Å². The number of nitrogens with zero attached hydrogens (tertiary/aromatic N) is 4. The van der Waals surface area contributed by atoms with Crippen molar-refractivity contribution in [2.75, 3.05) is 0 Å². The number of rotatable bonds is 3. The Hall–Kier alpha value is -1.63. The predicted molar refractivity (Wildman–Crippen MR) is 79.5 cm³/mol. The van der Waals surface area contributed by atoms with Crippen molar-refractivity contribution < 1.29 is 4.79 Å². The molecule has 108 valence electrons. The summed E-state index contributed by atoms with van der Waals surface area (Å²) in [5, 5.41) is 11.5. The number of carbonyl (C=O) groups excluding carboxylic acids is 1. The summed E-state index contributed by atoms with van der Waals surface area (Å²) in [7, 11) is 3.68. The van der Waals surface area contributed by atoms with Crippen LogP contribution in [0, 0.1) is 13.8 Å². The van der Waals surface area contributed by atoms with Crippen LogP contribution >= 0.6 is 15.9 Å². The molecule has 0 unspecified atom stereocenters. The maximum Gasteiger partial charge on any atom is 0.273 e. The lowest BCUT2D eigenvalue weighted by Gasteiger charge is -2.12. The van der Waals surface area contributed by atoms with Crippen molar-refractivity contribution in [2.45, 2.75) is 26.8 Å². The van der Waals surface area contributed by atoms with Crippen molar-refractivity contribution in [2.24, 2.45) is 14.1 Å². The lowest BCUT2D eigenvalue weighted by atomic mass is 10.1. The smallest absolute Gasteiger partial charge is 0.273 e. The molecule has 2 aromatic rings. The van der Waals surface area contributed by atoms with Gasteiger partial charge in [-0.1, -0.05) is 0 Å². The Morgan fingerprint density at radius 2 is 2.00 bits per heavy atom. The molecule has 20 heavy (non-hydrogen) atoms. The van der Waals surface area contributed by atoms with Crippen molar-refractivity contribution in [1.82, 2.24) is 24.9 Å². The summed E-state index contributed by atoms with van der Waals surface area (Å²) >= 11 is 3.41. The molecule has 0 aliphatic heterocycles. The Bertz CT molecular complexity index is 658. The fourth-order valence-electron chi connectivity index (χ4n) is 2.11. The van der Waals surface area contributed by atoms with Crippen LogP contribution in [-0.2, 0) is 14.1 Å². The maximum atomic E-state index is 12.3. The van der Waals surface area contributed by atoms with Gasteiger partial charge in [0.25, 0.3) is 5.91 Å². The SMILES string of the molecule is Cc1nn(C)cc1[C@H](C)NC(=O)c1nn(C)c(C)c1Br. The molecule has 0 aromatic carbocycles. The molecule has 2 heterocycles. The van der Waals surface area contributed by atoms with Gasteiger partial charge in [0.2, 0.25) is 0 Å². The van der Waals surface area contributed by atoms with Gasteiger partial charge in [-0.25, -0.2) is 0 Å². The summed E-state index contributed by atoms with van der Waals surface area (Å²) in [4.78, 5) is 12.3. The monoisotopic (exact) mass is 339 g/mol. The van der Waals surface area contributed by atoms with Crippen LogP contribution in [0.25, 0.3) is 0 Å². The zero-order valence-electron chi connectivity index (χ0n) is 12.2. The average Bonchev–Trinajstić information content (AvgIpc) is 2.83. The van der Waals surface area contributed by atoms with Crippen molar-refractivity contribution in [3.8, 4) is 0 Å². The third-order valence-electron chi connectivity index (χ3n) is 3.34.